The van der Waals surface area contributed by atoms with Crippen molar-refractivity contribution in [3.8, 4) is 0 Å². The van der Waals surface area contributed by atoms with Gasteiger partial charge in [-0.1, -0.05) is 6.07 Å². The van der Waals surface area contributed by atoms with Gasteiger partial charge in [0.2, 0.25) is 0 Å². The third kappa shape index (κ3) is 3.03. The standard InChI is InChI=1S/C17H19N5O2/c23-16(11-1-2-12-8-18-6-5-10(12)7-11)21-14-9-19-22-15(14)17(24)20-13-3-4-13/h1-2,7,9,13,18H,3-6,8H2,(H,19,22)(H,20,24)(H,21,23). The molecule has 124 valence electrons. The van der Waals surface area contributed by atoms with Crippen molar-refractivity contribution in [1.82, 2.24) is 20.8 Å². The second kappa shape index (κ2) is 6.09. The van der Waals surface area contributed by atoms with Crippen molar-refractivity contribution in [2.45, 2.75) is 31.8 Å². The zero-order valence-electron chi connectivity index (χ0n) is 13.2. The predicted octanol–water partition coefficient (Wildman–Crippen LogP) is 1.20. The molecule has 0 atom stereocenters. The molecule has 2 aromatic rings. The van der Waals surface area contributed by atoms with Crippen LogP contribution in [0.1, 0.15) is 44.8 Å². The van der Waals surface area contributed by atoms with Crippen LogP contribution in [0.3, 0.4) is 0 Å². The van der Waals surface area contributed by atoms with Gasteiger partial charge in [0.15, 0.2) is 0 Å². The highest BCUT2D eigenvalue weighted by Crippen LogP contribution is 2.21. The van der Waals surface area contributed by atoms with Crippen molar-refractivity contribution >= 4 is 17.5 Å². The summed E-state index contributed by atoms with van der Waals surface area (Å²) in [4.78, 5) is 24.7. The van der Waals surface area contributed by atoms with Crippen LogP contribution in [0.4, 0.5) is 5.69 Å². The number of nitrogens with zero attached hydrogens (tertiary/aromatic N) is 1. The number of hydrogen-bond donors (Lipinski definition) is 4. The number of carbonyl (C=O) groups excluding carboxylic acids is 2. The SMILES string of the molecule is O=C(Nc1cn[nH]c1C(=O)NC1CC1)c1ccc2c(c1)CCNC2. The average Bonchev–Trinajstić information content (AvgIpc) is 3.29. The van der Waals surface area contributed by atoms with Gasteiger partial charge >= 0.3 is 0 Å². The Balaban J connectivity index is 1.50. The van der Waals surface area contributed by atoms with E-state index in [4.69, 9.17) is 0 Å². The minimum absolute atomic E-state index is 0.234. The summed E-state index contributed by atoms with van der Waals surface area (Å²) in [6.45, 7) is 1.76. The van der Waals surface area contributed by atoms with Gasteiger partial charge in [-0.05, 0) is 49.1 Å². The van der Waals surface area contributed by atoms with Crippen LogP contribution < -0.4 is 16.0 Å². The number of hydrogen-bond acceptors (Lipinski definition) is 4. The molecule has 24 heavy (non-hydrogen) atoms. The molecule has 7 nitrogen and oxygen atoms in total. The molecule has 0 saturated heterocycles. The van der Waals surface area contributed by atoms with E-state index in [1.54, 1.807) is 0 Å². The lowest BCUT2D eigenvalue weighted by Gasteiger charge is -2.17. The number of aromatic amines is 1. The molecule has 1 aromatic heterocycles. The first-order chi connectivity index (χ1) is 11.7. The first kappa shape index (κ1) is 14.9. The fourth-order valence-corrected chi connectivity index (χ4v) is 2.85. The second-order valence-corrected chi connectivity index (χ2v) is 6.27. The quantitative estimate of drug-likeness (QED) is 0.679. The summed E-state index contributed by atoms with van der Waals surface area (Å²) in [5.74, 6) is -0.472. The Labute approximate surface area is 139 Å². The topological polar surface area (TPSA) is 98.9 Å². The molecular weight excluding hydrogens is 306 g/mol. The van der Waals surface area contributed by atoms with Crippen LogP contribution in [0, 0.1) is 0 Å². The van der Waals surface area contributed by atoms with Gasteiger partial charge in [-0.15, -0.1) is 0 Å². The van der Waals surface area contributed by atoms with E-state index in [0.717, 1.165) is 32.4 Å². The molecule has 1 aromatic carbocycles. The number of carbonyl (C=O) groups is 2. The largest absolute Gasteiger partial charge is 0.348 e. The van der Waals surface area contributed by atoms with E-state index in [1.807, 2.05) is 18.2 Å². The van der Waals surface area contributed by atoms with E-state index in [2.05, 4.69) is 26.1 Å². The third-order valence-corrected chi connectivity index (χ3v) is 4.38. The fraction of sp³-hybridized carbons (Fsp3) is 0.353. The van der Waals surface area contributed by atoms with Crippen LogP contribution in [0.2, 0.25) is 0 Å². The zero-order chi connectivity index (χ0) is 16.5. The summed E-state index contributed by atoms with van der Waals surface area (Å²) in [5.41, 5.74) is 3.70. The Kier molecular flexibility index (Phi) is 3.78. The number of amides is 2. The number of aromatic nitrogens is 2. The Bertz CT molecular complexity index is 794. The fourth-order valence-electron chi connectivity index (χ4n) is 2.85. The maximum Gasteiger partial charge on any atom is 0.271 e. The lowest BCUT2D eigenvalue weighted by Crippen LogP contribution is -2.27. The van der Waals surface area contributed by atoms with E-state index in [0.29, 0.717) is 11.3 Å². The molecule has 2 heterocycles. The molecule has 4 rings (SSSR count). The highest BCUT2D eigenvalue weighted by molar-refractivity contribution is 6.08. The van der Waals surface area contributed by atoms with Gasteiger partial charge in [-0.3, -0.25) is 14.7 Å². The van der Waals surface area contributed by atoms with Gasteiger partial charge in [0.1, 0.15) is 5.69 Å². The first-order valence-corrected chi connectivity index (χ1v) is 8.19. The van der Waals surface area contributed by atoms with Crippen molar-refractivity contribution < 1.29 is 9.59 Å². The normalized spacial score (nSPS) is 16.3. The van der Waals surface area contributed by atoms with Crippen molar-refractivity contribution in [1.29, 1.82) is 0 Å². The summed E-state index contributed by atoms with van der Waals surface area (Å²) < 4.78 is 0. The molecule has 2 amide bonds. The van der Waals surface area contributed by atoms with Crippen LogP contribution in [0.15, 0.2) is 24.4 Å². The Hall–Kier alpha value is -2.67. The predicted molar refractivity (Wildman–Crippen MR) is 88.9 cm³/mol. The van der Waals surface area contributed by atoms with Crippen molar-refractivity contribution in [2.24, 2.45) is 0 Å². The van der Waals surface area contributed by atoms with Crippen molar-refractivity contribution in [2.75, 3.05) is 11.9 Å². The molecule has 7 heteroatoms. The smallest absolute Gasteiger partial charge is 0.271 e. The summed E-state index contributed by atoms with van der Waals surface area (Å²) in [6, 6.07) is 5.96. The number of rotatable bonds is 4. The molecule has 1 saturated carbocycles. The highest BCUT2D eigenvalue weighted by Gasteiger charge is 2.26. The van der Waals surface area contributed by atoms with Gasteiger partial charge in [0.25, 0.3) is 11.8 Å². The minimum Gasteiger partial charge on any atom is -0.348 e. The average molecular weight is 325 g/mol. The molecule has 0 radical (unpaired) electrons. The molecule has 0 unspecified atom stereocenters. The third-order valence-electron chi connectivity index (χ3n) is 4.38. The second-order valence-electron chi connectivity index (χ2n) is 6.27. The lowest BCUT2D eigenvalue weighted by atomic mass is 9.98. The van der Waals surface area contributed by atoms with Crippen LogP contribution in [0.5, 0.6) is 0 Å². The van der Waals surface area contributed by atoms with Gasteiger partial charge in [0, 0.05) is 18.2 Å². The molecule has 1 aliphatic carbocycles. The van der Waals surface area contributed by atoms with E-state index in [1.165, 1.54) is 17.3 Å². The van der Waals surface area contributed by atoms with Gasteiger partial charge < -0.3 is 16.0 Å². The van der Waals surface area contributed by atoms with Gasteiger partial charge in [-0.2, -0.15) is 5.10 Å². The maximum absolute atomic E-state index is 12.5. The summed E-state index contributed by atoms with van der Waals surface area (Å²) in [5, 5.41) is 15.5. The summed E-state index contributed by atoms with van der Waals surface area (Å²) >= 11 is 0. The van der Waals surface area contributed by atoms with Crippen molar-refractivity contribution in [3.63, 3.8) is 0 Å². The number of nitrogens with one attached hydrogen (secondary N) is 4. The molecule has 1 aliphatic heterocycles. The maximum atomic E-state index is 12.5. The summed E-state index contributed by atoms with van der Waals surface area (Å²) in [7, 11) is 0. The van der Waals surface area contributed by atoms with Crippen LogP contribution >= 0.6 is 0 Å². The monoisotopic (exact) mass is 325 g/mol. The zero-order valence-corrected chi connectivity index (χ0v) is 13.2. The first-order valence-electron chi connectivity index (χ1n) is 8.19. The molecule has 0 bridgehead atoms. The number of benzene rings is 1. The molecule has 2 aliphatic rings. The number of H-pyrrole nitrogens is 1. The Morgan fingerprint density at radius 1 is 1.17 bits per heavy atom. The van der Waals surface area contributed by atoms with E-state index in [9.17, 15) is 9.59 Å². The van der Waals surface area contributed by atoms with Crippen LogP contribution in [0.25, 0.3) is 0 Å². The van der Waals surface area contributed by atoms with Gasteiger partial charge in [0.05, 0.1) is 11.9 Å². The van der Waals surface area contributed by atoms with E-state index < -0.39 is 0 Å². The molecule has 4 N–H and O–H groups in total. The van der Waals surface area contributed by atoms with Crippen LogP contribution in [-0.2, 0) is 13.0 Å². The lowest BCUT2D eigenvalue weighted by molar-refractivity contribution is 0.0947. The Morgan fingerprint density at radius 2 is 2.04 bits per heavy atom. The highest BCUT2D eigenvalue weighted by atomic mass is 16.2. The number of fused-ring (bicyclic) bond motifs is 1. The summed E-state index contributed by atoms with van der Waals surface area (Å²) in [6.07, 6.45) is 4.39. The molecule has 1 fully saturated rings. The van der Waals surface area contributed by atoms with Crippen LogP contribution in [-0.4, -0.2) is 34.6 Å². The van der Waals surface area contributed by atoms with Gasteiger partial charge in [-0.25, -0.2) is 0 Å². The van der Waals surface area contributed by atoms with Crippen molar-refractivity contribution in [3.05, 3.63) is 46.8 Å². The molecule has 0 spiro atoms. The van der Waals surface area contributed by atoms with E-state index in [-0.39, 0.29) is 23.6 Å². The van der Waals surface area contributed by atoms with E-state index >= 15 is 0 Å². The molecular formula is C17H19N5O2. The minimum atomic E-state index is -0.238. The number of anilines is 1. The Morgan fingerprint density at radius 3 is 2.88 bits per heavy atom.